The lowest BCUT2D eigenvalue weighted by Crippen LogP contribution is -2.31. The molecule has 1 aromatic heterocycles. The number of carbonyl (C=O) groups excluding carboxylic acids is 1. The van der Waals surface area contributed by atoms with E-state index in [0.717, 1.165) is 18.2 Å². The van der Waals surface area contributed by atoms with Crippen molar-refractivity contribution >= 4 is 12.0 Å². The number of carbonyl (C=O) groups is 1. The average molecular weight is 445 g/mol. The van der Waals surface area contributed by atoms with Gasteiger partial charge in [0.1, 0.15) is 18.1 Å². The van der Waals surface area contributed by atoms with Gasteiger partial charge >= 0.3 is 6.61 Å². The minimum Gasteiger partial charge on any atom is -0.489 e. The van der Waals surface area contributed by atoms with Crippen LogP contribution in [0.5, 0.6) is 5.75 Å². The van der Waals surface area contributed by atoms with E-state index < -0.39 is 12.4 Å². The van der Waals surface area contributed by atoms with Gasteiger partial charge in [-0.3, -0.25) is 4.79 Å². The van der Waals surface area contributed by atoms with Gasteiger partial charge in [0.25, 0.3) is 0 Å². The molecule has 0 unspecified atom stereocenters. The first kappa shape index (κ1) is 21.9. The van der Waals surface area contributed by atoms with Crippen molar-refractivity contribution in [1.82, 2.24) is 9.78 Å². The lowest BCUT2D eigenvalue weighted by molar-refractivity contribution is -0.129. The van der Waals surface area contributed by atoms with Crippen LogP contribution in [0.2, 0.25) is 0 Å². The molecule has 2 aromatic carbocycles. The average Bonchev–Trinajstić information content (AvgIpc) is 3.40. The smallest absolute Gasteiger partial charge is 0.345 e. The summed E-state index contributed by atoms with van der Waals surface area (Å²) in [5, 5.41) is 3.93. The van der Waals surface area contributed by atoms with Crippen LogP contribution in [0.25, 0.3) is 5.69 Å². The van der Waals surface area contributed by atoms with Crippen molar-refractivity contribution in [2.24, 2.45) is 0 Å². The van der Waals surface area contributed by atoms with Crippen LogP contribution in [0, 0.1) is 5.82 Å². The molecule has 0 bridgehead atoms. The molecule has 4 rings (SSSR count). The van der Waals surface area contributed by atoms with Gasteiger partial charge in [-0.05, 0) is 55.0 Å². The molecule has 2 atom stereocenters. The number of benzene rings is 2. The van der Waals surface area contributed by atoms with E-state index in [-0.39, 0.29) is 18.8 Å². The number of hydrogen-bond donors (Lipinski definition) is 0. The Hall–Kier alpha value is -3.33. The fourth-order valence-corrected chi connectivity index (χ4v) is 3.90. The first-order chi connectivity index (χ1) is 15.5. The Balaban J connectivity index is 1.44. The van der Waals surface area contributed by atoms with Crippen molar-refractivity contribution in [2.75, 3.05) is 18.1 Å². The number of aromatic nitrogens is 2. The number of halogens is 3. The second-order valence-electron chi connectivity index (χ2n) is 7.51. The molecular formula is C23H22F3N3O3. The van der Waals surface area contributed by atoms with Gasteiger partial charge in [-0.2, -0.15) is 13.9 Å². The number of ether oxygens (including phenoxy) is 2. The second kappa shape index (κ2) is 9.86. The maximum Gasteiger partial charge on any atom is 0.345 e. The van der Waals surface area contributed by atoms with Crippen LogP contribution >= 0.6 is 0 Å². The molecule has 0 N–H and O–H groups in total. The Bertz CT molecular complexity index is 1020. The molecule has 0 amide bonds. The summed E-state index contributed by atoms with van der Waals surface area (Å²) in [5.74, 6) is 0.228. The van der Waals surface area contributed by atoms with E-state index in [2.05, 4.69) is 14.7 Å². The first-order valence-corrected chi connectivity index (χ1v) is 10.2. The Morgan fingerprint density at radius 3 is 2.44 bits per heavy atom. The summed E-state index contributed by atoms with van der Waals surface area (Å²) < 4.78 is 50.0. The summed E-state index contributed by atoms with van der Waals surface area (Å²) >= 11 is 0. The summed E-state index contributed by atoms with van der Waals surface area (Å²) in [7, 11) is 0. The van der Waals surface area contributed by atoms with Crippen molar-refractivity contribution in [3.05, 3.63) is 72.3 Å². The van der Waals surface area contributed by atoms with Crippen LogP contribution in [0.1, 0.15) is 23.2 Å². The van der Waals surface area contributed by atoms with Crippen LogP contribution in [-0.2, 0) is 4.74 Å². The molecule has 1 saturated heterocycles. The highest BCUT2D eigenvalue weighted by molar-refractivity contribution is 5.75. The quantitative estimate of drug-likeness (QED) is 0.455. The predicted molar refractivity (Wildman–Crippen MR) is 112 cm³/mol. The van der Waals surface area contributed by atoms with Gasteiger partial charge in [0.2, 0.25) is 0 Å². The van der Waals surface area contributed by atoms with Crippen molar-refractivity contribution in [3.8, 4) is 11.4 Å². The predicted octanol–water partition coefficient (Wildman–Crippen LogP) is 4.48. The molecule has 1 aliphatic heterocycles. The minimum absolute atomic E-state index is 0.0489. The lowest BCUT2D eigenvalue weighted by Gasteiger charge is -2.26. The molecule has 1 fully saturated rings. The number of rotatable bonds is 9. The molecule has 32 heavy (non-hydrogen) atoms. The number of hydrogen-bond acceptors (Lipinski definition) is 5. The number of anilines is 1. The molecule has 1 aliphatic rings. The molecule has 0 radical (unpaired) electrons. The van der Waals surface area contributed by atoms with E-state index in [1.807, 2.05) is 12.1 Å². The van der Waals surface area contributed by atoms with Crippen LogP contribution < -0.4 is 9.64 Å². The molecule has 168 valence electrons. The highest BCUT2D eigenvalue weighted by Gasteiger charge is 2.33. The van der Waals surface area contributed by atoms with Crippen molar-refractivity contribution in [1.29, 1.82) is 0 Å². The van der Waals surface area contributed by atoms with Crippen LogP contribution in [-0.4, -0.2) is 48.0 Å². The van der Waals surface area contributed by atoms with E-state index in [9.17, 15) is 18.0 Å². The number of nitrogens with zero attached hydrogens (tertiary/aromatic N) is 3. The van der Waals surface area contributed by atoms with E-state index >= 15 is 0 Å². The third-order valence-corrected chi connectivity index (χ3v) is 5.39. The Morgan fingerprint density at radius 1 is 1.09 bits per heavy atom. The summed E-state index contributed by atoms with van der Waals surface area (Å²) in [6.45, 7) is -2.30. The van der Waals surface area contributed by atoms with Crippen LogP contribution in [0.4, 0.5) is 18.9 Å². The van der Waals surface area contributed by atoms with Crippen molar-refractivity contribution in [2.45, 2.75) is 31.6 Å². The monoisotopic (exact) mass is 445 g/mol. The zero-order chi connectivity index (χ0) is 22.5. The van der Waals surface area contributed by atoms with E-state index in [4.69, 9.17) is 4.74 Å². The summed E-state index contributed by atoms with van der Waals surface area (Å²) in [5.41, 5.74) is 2.15. The largest absolute Gasteiger partial charge is 0.489 e. The fraction of sp³-hybridized carbons (Fsp3) is 0.304. The number of aldehydes is 1. The fourth-order valence-electron chi connectivity index (χ4n) is 3.90. The summed E-state index contributed by atoms with van der Waals surface area (Å²) in [6, 6.07) is 14.2. The normalized spacial score (nSPS) is 18.3. The van der Waals surface area contributed by atoms with Crippen molar-refractivity contribution in [3.63, 3.8) is 0 Å². The van der Waals surface area contributed by atoms with Gasteiger partial charge in [0.15, 0.2) is 5.82 Å². The van der Waals surface area contributed by atoms with Crippen molar-refractivity contribution < 1.29 is 27.4 Å². The molecular weight excluding hydrogens is 423 g/mol. The summed E-state index contributed by atoms with van der Waals surface area (Å²) in [6.07, 6.45) is 4.08. The van der Waals surface area contributed by atoms with E-state index in [0.29, 0.717) is 36.4 Å². The molecule has 2 heterocycles. The third kappa shape index (κ3) is 5.28. The highest BCUT2D eigenvalue weighted by atomic mass is 19.3. The second-order valence-corrected chi connectivity index (χ2v) is 7.51. The highest BCUT2D eigenvalue weighted by Crippen LogP contribution is 2.30. The van der Waals surface area contributed by atoms with Gasteiger partial charge in [-0.1, -0.05) is 0 Å². The Kier molecular flexibility index (Phi) is 6.75. The Morgan fingerprint density at radius 2 is 1.81 bits per heavy atom. The number of alkyl halides is 2. The molecule has 6 nitrogen and oxygen atoms in total. The zero-order valence-electron chi connectivity index (χ0n) is 17.1. The van der Waals surface area contributed by atoms with E-state index in [1.54, 1.807) is 36.4 Å². The topological polar surface area (TPSA) is 56.6 Å². The summed E-state index contributed by atoms with van der Waals surface area (Å²) in [4.78, 5) is 13.0. The first-order valence-electron chi connectivity index (χ1n) is 10.2. The third-order valence-electron chi connectivity index (χ3n) is 5.39. The molecule has 3 aromatic rings. The van der Waals surface area contributed by atoms with Crippen LogP contribution in [0.3, 0.4) is 0 Å². The van der Waals surface area contributed by atoms with Gasteiger partial charge in [0, 0.05) is 23.7 Å². The minimum atomic E-state index is -2.80. The standard InChI is InChI=1S/C23H22F3N3O3/c24-17-12-27-29(13-17)19-5-7-21(8-6-19)32-22-11-20(9-10-31-23(25)26)28(14-22)18-3-1-16(15-30)2-4-18/h1-8,12-13,15,20,22-23H,9-11,14H2/t20-,22+/m1/s1. The SMILES string of the molecule is O=Cc1ccc(N2C[C@@H](Oc3ccc(-n4cc(F)cn4)cc3)C[C@H]2CCOC(F)F)cc1. The van der Waals surface area contributed by atoms with Gasteiger partial charge < -0.3 is 14.4 Å². The Labute approximate surface area is 183 Å². The molecule has 0 aliphatic carbocycles. The van der Waals surface area contributed by atoms with Gasteiger partial charge in [0.05, 0.1) is 31.2 Å². The molecule has 0 spiro atoms. The van der Waals surface area contributed by atoms with Gasteiger partial charge in [-0.25, -0.2) is 9.07 Å². The molecule has 9 heteroatoms. The van der Waals surface area contributed by atoms with E-state index in [1.165, 1.54) is 10.9 Å². The zero-order valence-corrected chi connectivity index (χ0v) is 17.1. The maximum absolute atomic E-state index is 13.2. The maximum atomic E-state index is 13.2. The molecule has 0 saturated carbocycles. The van der Waals surface area contributed by atoms with Crippen LogP contribution in [0.15, 0.2) is 60.9 Å². The lowest BCUT2D eigenvalue weighted by atomic mass is 10.1. The van der Waals surface area contributed by atoms with Gasteiger partial charge in [-0.15, -0.1) is 0 Å².